The van der Waals surface area contributed by atoms with Crippen LogP contribution < -0.4 is 5.56 Å². The summed E-state index contributed by atoms with van der Waals surface area (Å²) in [5.74, 6) is -0.376. The highest BCUT2D eigenvalue weighted by atomic mass is 19.1. The van der Waals surface area contributed by atoms with Gasteiger partial charge in [0.25, 0.3) is 5.56 Å². The molecule has 0 saturated heterocycles. The SMILES string of the molecule is N#Cc1cc(=O)n(-c2ccc(F)cc2)[nH]1. The molecule has 0 atom stereocenters. The molecule has 0 spiro atoms. The molecule has 0 unspecified atom stereocenters. The second-order valence-electron chi connectivity index (χ2n) is 2.93. The van der Waals surface area contributed by atoms with Crippen molar-refractivity contribution in [2.45, 2.75) is 0 Å². The number of hydrogen-bond acceptors (Lipinski definition) is 2. The van der Waals surface area contributed by atoms with Crippen LogP contribution in [0.1, 0.15) is 5.69 Å². The number of benzene rings is 1. The predicted octanol–water partition coefficient (Wildman–Crippen LogP) is 1.18. The Morgan fingerprint density at radius 2 is 2.00 bits per heavy atom. The summed E-state index contributed by atoms with van der Waals surface area (Å²) in [7, 11) is 0. The normalized spacial score (nSPS) is 9.87. The number of halogens is 1. The number of nitriles is 1. The molecule has 0 radical (unpaired) electrons. The second kappa shape index (κ2) is 3.42. The van der Waals surface area contributed by atoms with E-state index in [1.54, 1.807) is 0 Å². The summed E-state index contributed by atoms with van der Waals surface area (Å²) in [6.07, 6.45) is 0. The van der Waals surface area contributed by atoms with Crippen molar-refractivity contribution in [3.63, 3.8) is 0 Å². The molecule has 1 heterocycles. The lowest BCUT2D eigenvalue weighted by molar-refractivity contribution is 0.627. The molecular weight excluding hydrogens is 197 g/mol. The fraction of sp³-hybridized carbons (Fsp3) is 0. The minimum atomic E-state index is -0.376. The van der Waals surface area contributed by atoms with Gasteiger partial charge in [0.15, 0.2) is 0 Å². The number of rotatable bonds is 1. The smallest absolute Gasteiger partial charge is 0.272 e. The molecule has 0 fully saturated rings. The molecule has 0 aliphatic rings. The van der Waals surface area contributed by atoms with Crippen LogP contribution in [-0.4, -0.2) is 9.78 Å². The van der Waals surface area contributed by atoms with Crippen LogP contribution in [0.3, 0.4) is 0 Å². The third-order valence-corrected chi connectivity index (χ3v) is 1.93. The average Bonchev–Trinajstić information content (AvgIpc) is 2.61. The Kier molecular flexibility index (Phi) is 2.10. The molecule has 0 saturated carbocycles. The second-order valence-corrected chi connectivity index (χ2v) is 2.93. The zero-order valence-corrected chi connectivity index (χ0v) is 7.57. The van der Waals surface area contributed by atoms with Crippen LogP contribution in [0.4, 0.5) is 4.39 Å². The predicted molar refractivity (Wildman–Crippen MR) is 51.1 cm³/mol. The van der Waals surface area contributed by atoms with Crippen molar-refractivity contribution in [1.29, 1.82) is 5.26 Å². The van der Waals surface area contributed by atoms with E-state index in [-0.39, 0.29) is 17.1 Å². The van der Waals surface area contributed by atoms with Crippen LogP contribution in [0.15, 0.2) is 35.1 Å². The fourth-order valence-electron chi connectivity index (χ4n) is 1.24. The highest BCUT2D eigenvalue weighted by Crippen LogP contribution is 2.05. The molecule has 5 heteroatoms. The van der Waals surface area contributed by atoms with Crippen molar-refractivity contribution in [3.8, 4) is 11.8 Å². The molecular formula is C10H6FN3O. The van der Waals surface area contributed by atoms with Crippen LogP contribution in [0.25, 0.3) is 5.69 Å². The lowest BCUT2D eigenvalue weighted by Gasteiger charge is -1.99. The Balaban J connectivity index is 2.55. The third-order valence-electron chi connectivity index (χ3n) is 1.93. The van der Waals surface area contributed by atoms with Gasteiger partial charge in [0.1, 0.15) is 17.6 Å². The maximum Gasteiger partial charge on any atom is 0.272 e. The van der Waals surface area contributed by atoms with Gasteiger partial charge in [0, 0.05) is 6.07 Å². The standard InChI is InChI=1S/C10H6FN3O/c11-7-1-3-9(4-2-7)14-10(15)5-8(6-12)13-14/h1-5,13H. The molecule has 1 aromatic carbocycles. The van der Waals surface area contributed by atoms with Crippen molar-refractivity contribution in [1.82, 2.24) is 9.78 Å². The van der Waals surface area contributed by atoms with E-state index in [0.717, 1.165) is 0 Å². The molecule has 74 valence electrons. The lowest BCUT2D eigenvalue weighted by atomic mass is 10.3. The Hall–Kier alpha value is -2.35. The minimum Gasteiger partial charge on any atom is -0.281 e. The molecule has 0 bridgehead atoms. The largest absolute Gasteiger partial charge is 0.281 e. The summed E-state index contributed by atoms with van der Waals surface area (Å²) < 4.78 is 13.8. The molecule has 2 aromatic rings. The van der Waals surface area contributed by atoms with E-state index in [1.807, 2.05) is 6.07 Å². The number of aromatic nitrogens is 2. The van der Waals surface area contributed by atoms with Gasteiger partial charge in [-0.2, -0.15) is 5.26 Å². The van der Waals surface area contributed by atoms with Gasteiger partial charge in [-0.3, -0.25) is 9.89 Å². The van der Waals surface area contributed by atoms with Crippen molar-refractivity contribution < 1.29 is 4.39 Å². The highest BCUT2D eigenvalue weighted by Gasteiger charge is 2.03. The summed E-state index contributed by atoms with van der Waals surface area (Å²) in [5, 5.41) is 11.2. The molecule has 2 rings (SSSR count). The monoisotopic (exact) mass is 203 g/mol. The van der Waals surface area contributed by atoms with Gasteiger partial charge in [-0.25, -0.2) is 9.07 Å². The van der Waals surface area contributed by atoms with Crippen LogP contribution in [0.2, 0.25) is 0 Å². The Morgan fingerprint density at radius 3 is 2.53 bits per heavy atom. The van der Waals surface area contributed by atoms with Crippen LogP contribution in [-0.2, 0) is 0 Å². The first kappa shape index (κ1) is 9.21. The first-order valence-corrected chi connectivity index (χ1v) is 4.19. The molecule has 0 amide bonds. The first-order chi connectivity index (χ1) is 7.20. The van der Waals surface area contributed by atoms with Gasteiger partial charge in [0.2, 0.25) is 0 Å². The number of nitrogens with zero attached hydrogens (tertiary/aromatic N) is 2. The summed E-state index contributed by atoms with van der Waals surface area (Å²) in [5.41, 5.74) is 0.311. The van der Waals surface area contributed by atoms with E-state index in [1.165, 1.54) is 35.0 Å². The van der Waals surface area contributed by atoms with E-state index in [4.69, 9.17) is 5.26 Å². The van der Waals surface area contributed by atoms with Crippen LogP contribution in [0.5, 0.6) is 0 Å². The van der Waals surface area contributed by atoms with Crippen LogP contribution in [0, 0.1) is 17.1 Å². The Morgan fingerprint density at radius 1 is 1.33 bits per heavy atom. The Labute approximate surface area is 84.2 Å². The highest BCUT2D eigenvalue weighted by molar-refractivity contribution is 5.32. The maximum absolute atomic E-state index is 12.6. The molecule has 0 aliphatic heterocycles. The van der Waals surface area contributed by atoms with E-state index in [2.05, 4.69) is 5.10 Å². The number of H-pyrrole nitrogens is 1. The third kappa shape index (κ3) is 1.65. The van der Waals surface area contributed by atoms with Gasteiger partial charge in [-0.15, -0.1) is 0 Å². The van der Waals surface area contributed by atoms with Crippen molar-refractivity contribution >= 4 is 0 Å². The summed E-state index contributed by atoms with van der Waals surface area (Å²) in [4.78, 5) is 11.4. The minimum absolute atomic E-state index is 0.171. The van der Waals surface area contributed by atoms with E-state index in [0.29, 0.717) is 5.69 Å². The lowest BCUT2D eigenvalue weighted by Crippen LogP contribution is -2.13. The van der Waals surface area contributed by atoms with Gasteiger partial charge in [-0.05, 0) is 24.3 Å². The van der Waals surface area contributed by atoms with Crippen molar-refractivity contribution in [2.24, 2.45) is 0 Å². The number of hydrogen-bond donors (Lipinski definition) is 1. The number of aromatic amines is 1. The zero-order chi connectivity index (χ0) is 10.8. The quantitative estimate of drug-likeness (QED) is 0.756. The van der Waals surface area contributed by atoms with Gasteiger partial charge < -0.3 is 0 Å². The molecule has 4 nitrogen and oxygen atoms in total. The van der Waals surface area contributed by atoms with Gasteiger partial charge >= 0.3 is 0 Å². The Bertz CT molecular complexity index is 574. The summed E-state index contributed by atoms with van der Waals surface area (Å²) >= 11 is 0. The molecule has 1 aromatic heterocycles. The van der Waals surface area contributed by atoms with Gasteiger partial charge in [-0.1, -0.05) is 0 Å². The zero-order valence-electron chi connectivity index (χ0n) is 7.57. The topological polar surface area (TPSA) is 61.6 Å². The first-order valence-electron chi connectivity index (χ1n) is 4.19. The van der Waals surface area contributed by atoms with E-state index in [9.17, 15) is 9.18 Å². The summed E-state index contributed by atoms with van der Waals surface area (Å²) in [6, 6.07) is 8.40. The number of nitrogens with one attached hydrogen (secondary N) is 1. The van der Waals surface area contributed by atoms with Crippen LogP contribution >= 0.6 is 0 Å². The summed E-state index contributed by atoms with van der Waals surface area (Å²) in [6.45, 7) is 0. The van der Waals surface area contributed by atoms with E-state index < -0.39 is 0 Å². The van der Waals surface area contributed by atoms with Crippen molar-refractivity contribution in [3.05, 3.63) is 52.2 Å². The van der Waals surface area contributed by atoms with E-state index >= 15 is 0 Å². The fourth-order valence-corrected chi connectivity index (χ4v) is 1.24. The van der Waals surface area contributed by atoms with Crippen molar-refractivity contribution in [2.75, 3.05) is 0 Å². The average molecular weight is 203 g/mol. The molecule has 15 heavy (non-hydrogen) atoms. The molecule has 0 aliphatic carbocycles. The van der Waals surface area contributed by atoms with Gasteiger partial charge in [0.05, 0.1) is 5.69 Å². The molecule has 1 N–H and O–H groups in total. The maximum atomic E-state index is 12.6.